The van der Waals surface area contributed by atoms with Gasteiger partial charge in [-0.3, -0.25) is 15.1 Å². The highest BCUT2D eigenvalue weighted by molar-refractivity contribution is 6.08. The van der Waals surface area contributed by atoms with Crippen LogP contribution in [0.2, 0.25) is 0 Å². The van der Waals surface area contributed by atoms with Gasteiger partial charge in [-0.1, -0.05) is 49.6 Å². The molecular weight excluding hydrogens is 412 g/mol. The lowest BCUT2D eigenvalue weighted by Gasteiger charge is -2.31. The average Bonchev–Trinajstić information content (AvgIpc) is 3.39. The predicted molar refractivity (Wildman–Crippen MR) is 130 cm³/mol. The average molecular weight is 447 g/mol. The van der Waals surface area contributed by atoms with Crippen LogP contribution in [-0.2, 0) is 10.3 Å². The normalized spacial score (nSPS) is 26.7. The number of nitrogens with one attached hydrogen (secondary N) is 2. The zero-order chi connectivity index (χ0) is 23.0. The number of benzene rings is 2. The fourth-order valence-electron chi connectivity index (χ4n) is 5.84. The van der Waals surface area contributed by atoms with E-state index in [0.717, 1.165) is 36.2 Å². The summed E-state index contributed by atoms with van der Waals surface area (Å²) in [6.07, 6.45) is 7.75. The largest absolute Gasteiger partial charge is 0.508 e. The maximum Gasteiger partial charge on any atom is 0.259 e. The van der Waals surface area contributed by atoms with Crippen molar-refractivity contribution in [3.63, 3.8) is 0 Å². The summed E-state index contributed by atoms with van der Waals surface area (Å²) in [4.78, 5) is 17.9. The smallest absolute Gasteiger partial charge is 0.259 e. The minimum Gasteiger partial charge on any atom is -0.508 e. The first kappa shape index (κ1) is 22.0. The summed E-state index contributed by atoms with van der Waals surface area (Å²) in [6.45, 7) is 4.62. The van der Waals surface area contributed by atoms with Gasteiger partial charge in [0.15, 0.2) is 5.96 Å². The molecule has 0 aromatic heterocycles. The topological polar surface area (TPSA) is 79.7 Å². The van der Waals surface area contributed by atoms with Crippen molar-refractivity contribution < 1.29 is 9.90 Å². The Balaban J connectivity index is 1.30. The van der Waals surface area contributed by atoms with Crippen molar-refractivity contribution in [2.75, 3.05) is 19.6 Å². The molecule has 0 spiro atoms. The van der Waals surface area contributed by atoms with Gasteiger partial charge in [-0.25, -0.2) is 0 Å². The quantitative estimate of drug-likeness (QED) is 0.640. The van der Waals surface area contributed by atoms with E-state index in [1.807, 2.05) is 43.3 Å². The molecule has 6 nitrogen and oxygen atoms in total. The van der Waals surface area contributed by atoms with E-state index in [4.69, 9.17) is 5.41 Å². The Kier molecular flexibility index (Phi) is 5.87. The van der Waals surface area contributed by atoms with Gasteiger partial charge in [0, 0.05) is 19.1 Å². The molecule has 3 fully saturated rings. The molecule has 1 saturated carbocycles. The van der Waals surface area contributed by atoms with Crippen LogP contribution in [0.15, 0.2) is 48.5 Å². The molecule has 2 aromatic rings. The molecule has 2 aromatic carbocycles. The maximum absolute atomic E-state index is 13.6. The van der Waals surface area contributed by atoms with Gasteiger partial charge in [0.2, 0.25) is 0 Å². The summed E-state index contributed by atoms with van der Waals surface area (Å²) < 4.78 is 0. The van der Waals surface area contributed by atoms with Gasteiger partial charge in [-0.2, -0.15) is 0 Å². The maximum atomic E-state index is 13.6. The zero-order valence-corrected chi connectivity index (χ0v) is 19.4. The molecule has 5 rings (SSSR count). The van der Waals surface area contributed by atoms with Gasteiger partial charge >= 0.3 is 0 Å². The summed E-state index contributed by atoms with van der Waals surface area (Å²) in [5.74, 6) is 0.767. The van der Waals surface area contributed by atoms with Crippen LogP contribution >= 0.6 is 0 Å². The molecular formula is C27H34N4O2. The summed E-state index contributed by atoms with van der Waals surface area (Å²) in [6, 6.07) is 15.7. The second kappa shape index (κ2) is 8.82. The van der Waals surface area contributed by atoms with E-state index >= 15 is 0 Å². The van der Waals surface area contributed by atoms with Crippen LogP contribution in [0.4, 0.5) is 0 Å². The third-order valence-electron chi connectivity index (χ3n) is 7.78. The monoisotopic (exact) mass is 446 g/mol. The number of rotatable bonds is 5. The predicted octanol–water partition coefficient (Wildman–Crippen LogP) is 4.30. The fraction of sp³-hybridized carbons (Fsp3) is 0.481. The molecule has 2 heterocycles. The molecule has 1 amide bonds. The number of phenolic OH excluding ortho intramolecular Hbond substituents is 1. The number of hydrogen-bond acceptors (Lipinski definition) is 4. The lowest BCUT2D eigenvalue weighted by Crippen LogP contribution is -2.42. The van der Waals surface area contributed by atoms with Crippen molar-refractivity contribution in [3.8, 4) is 16.9 Å². The molecule has 2 saturated heterocycles. The fourth-order valence-corrected chi connectivity index (χ4v) is 5.84. The Bertz CT molecular complexity index is 1050. The molecule has 3 aliphatic rings. The number of aromatic hydroxyl groups is 1. The van der Waals surface area contributed by atoms with Crippen LogP contribution in [0, 0.1) is 11.3 Å². The SMILES string of the molecule is CC1(c2cccc(-c3cccc(O)c3)c2)NC(=N)N(C[C@H]2CCN(C3CCCCC3)C2)C1=O. The Morgan fingerprint density at radius 3 is 2.55 bits per heavy atom. The van der Waals surface area contributed by atoms with E-state index in [2.05, 4.69) is 10.2 Å². The van der Waals surface area contributed by atoms with Crippen molar-refractivity contribution in [3.05, 3.63) is 54.1 Å². The molecule has 0 bridgehead atoms. The Morgan fingerprint density at radius 2 is 1.79 bits per heavy atom. The highest BCUT2D eigenvalue weighted by Gasteiger charge is 2.48. The lowest BCUT2D eigenvalue weighted by molar-refractivity contribution is -0.131. The van der Waals surface area contributed by atoms with Crippen molar-refractivity contribution in [1.82, 2.24) is 15.1 Å². The van der Waals surface area contributed by atoms with E-state index in [9.17, 15) is 9.90 Å². The summed E-state index contributed by atoms with van der Waals surface area (Å²) in [7, 11) is 0. The van der Waals surface area contributed by atoms with Crippen molar-refractivity contribution >= 4 is 11.9 Å². The van der Waals surface area contributed by atoms with Gasteiger partial charge in [0.05, 0.1) is 0 Å². The second-order valence-corrected chi connectivity index (χ2v) is 10.1. The summed E-state index contributed by atoms with van der Waals surface area (Å²) in [5, 5.41) is 21.6. The molecule has 3 N–H and O–H groups in total. The van der Waals surface area contributed by atoms with Crippen LogP contribution in [0.3, 0.4) is 0 Å². The van der Waals surface area contributed by atoms with Gasteiger partial charge in [-0.15, -0.1) is 0 Å². The van der Waals surface area contributed by atoms with Crippen molar-refractivity contribution in [2.45, 2.75) is 57.0 Å². The highest BCUT2D eigenvalue weighted by atomic mass is 16.3. The van der Waals surface area contributed by atoms with E-state index in [1.54, 1.807) is 17.0 Å². The number of amides is 1. The third-order valence-corrected chi connectivity index (χ3v) is 7.78. The van der Waals surface area contributed by atoms with Crippen molar-refractivity contribution in [2.24, 2.45) is 5.92 Å². The molecule has 1 aliphatic carbocycles. The van der Waals surface area contributed by atoms with Crippen LogP contribution < -0.4 is 5.32 Å². The number of carbonyl (C=O) groups is 1. The van der Waals surface area contributed by atoms with E-state index in [-0.39, 0.29) is 17.6 Å². The Labute approximate surface area is 196 Å². The van der Waals surface area contributed by atoms with Crippen LogP contribution in [-0.4, -0.2) is 52.4 Å². The van der Waals surface area contributed by atoms with Crippen LogP contribution in [0.1, 0.15) is 51.0 Å². The number of nitrogens with zero attached hydrogens (tertiary/aromatic N) is 2. The Morgan fingerprint density at radius 1 is 1.06 bits per heavy atom. The van der Waals surface area contributed by atoms with Crippen LogP contribution in [0.5, 0.6) is 5.75 Å². The first-order valence-electron chi connectivity index (χ1n) is 12.3. The standard InChI is InChI=1S/C27H34N4O2/c1-27(22-9-5-7-20(15-22)21-8-6-12-24(32)16-21)25(33)31(26(28)29-27)18-19-13-14-30(17-19)23-10-3-2-4-11-23/h5-9,12,15-16,19,23,32H,2-4,10-11,13-14,17-18H2,1H3,(H2,28,29)/t19-,27?/m0/s1. The summed E-state index contributed by atoms with van der Waals surface area (Å²) in [5.41, 5.74) is 1.69. The number of likely N-dealkylation sites (tertiary alicyclic amines) is 1. The van der Waals surface area contributed by atoms with Crippen molar-refractivity contribution in [1.29, 1.82) is 5.41 Å². The molecule has 33 heavy (non-hydrogen) atoms. The molecule has 2 atom stereocenters. The minimum absolute atomic E-state index is 0.0586. The number of guanidine groups is 1. The number of phenols is 1. The van der Waals surface area contributed by atoms with Crippen LogP contribution in [0.25, 0.3) is 11.1 Å². The lowest BCUT2D eigenvalue weighted by atomic mass is 9.89. The highest BCUT2D eigenvalue weighted by Crippen LogP contribution is 2.34. The zero-order valence-electron chi connectivity index (χ0n) is 19.4. The van der Waals surface area contributed by atoms with Gasteiger partial charge in [-0.05, 0) is 73.5 Å². The van der Waals surface area contributed by atoms with Gasteiger partial charge < -0.3 is 15.3 Å². The second-order valence-electron chi connectivity index (χ2n) is 10.1. The molecule has 174 valence electrons. The van der Waals surface area contributed by atoms with Gasteiger partial charge in [0.25, 0.3) is 5.91 Å². The van der Waals surface area contributed by atoms with E-state index < -0.39 is 5.54 Å². The third kappa shape index (κ3) is 4.24. The molecule has 0 radical (unpaired) electrons. The molecule has 6 heteroatoms. The number of carbonyl (C=O) groups excluding carboxylic acids is 1. The van der Waals surface area contributed by atoms with E-state index in [0.29, 0.717) is 18.5 Å². The minimum atomic E-state index is -0.967. The Hall–Kier alpha value is -2.86. The van der Waals surface area contributed by atoms with E-state index in [1.165, 1.54) is 32.1 Å². The number of hydrogen-bond donors (Lipinski definition) is 3. The summed E-state index contributed by atoms with van der Waals surface area (Å²) >= 11 is 0. The molecule has 2 aliphatic heterocycles. The van der Waals surface area contributed by atoms with Gasteiger partial charge in [0.1, 0.15) is 11.3 Å². The first-order valence-corrected chi connectivity index (χ1v) is 12.3. The first-order chi connectivity index (χ1) is 15.9. The molecule has 1 unspecified atom stereocenters.